The molecule has 4 nitrogen and oxygen atoms in total. The zero-order chi connectivity index (χ0) is 14.0. The number of carbonyl (C=O) groups excluding carboxylic acids is 1. The number of nitrogens with one attached hydrogen (secondary N) is 1. The third-order valence-corrected chi connectivity index (χ3v) is 4.21. The average Bonchev–Trinajstić information content (AvgIpc) is 2.52. The maximum atomic E-state index is 11.5. The average molecular weight is 290 g/mol. The van der Waals surface area contributed by atoms with Gasteiger partial charge in [-0.1, -0.05) is 12.2 Å². The molecule has 0 aliphatic carbocycles. The van der Waals surface area contributed by atoms with E-state index in [9.17, 15) is 4.79 Å². The maximum Gasteiger partial charge on any atom is 0.408 e. The van der Waals surface area contributed by atoms with E-state index in [1.165, 1.54) is 0 Å². The summed E-state index contributed by atoms with van der Waals surface area (Å²) in [7, 11) is 0. The predicted octanol–water partition coefficient (Wildman–Crippen LogP) is 2.62. The van der Waals surface area contributed by atoms with Crippen molar-refractivity contribution in [3.05, 3.63) is 0 Å². The summed E-state index contributed by atoms with van der Waals surface area (Å²) in [5.41, 5.74) is -0.411. The van der Waals surface area contributed by atoms with Crippen LogP contribution < -0.4 is 5.32 Å². The van der Waals surface area contributed by atoms with Crippen LogP contribution in [-0.2, 0) is 4.74 Å². The van der Waals surface area contributed by atoms with Gasteiger partial charge in [0, 0.05) is 11.3 Å². The van der Waals surface area contributed by atoms with Crippen molar-refractivity contribution in [2.24, 2.45) is 0 Å². The number of rotatable bonds is 2. The zero-order valence-corrected chi connectivity index (χ0v) is 13.3. The second-order valence-electron chi connectivity index (χ2n) is 5.97. The standard InChI is InChI=1S/C12H22N2O2S2/c1-11(2,3)16-10(15)13-6-9(17)14-8-18-7-12(14,4)5/h6-8H2,1-5H3,(H,13,15). The van der Waals surface area contributed by atoms with Gasteiger partial charge < -0.3 is 15.0 Å². The lowest BCUT2D eigenvalue weighted by atomic mass is 10.1. The molecule has 104 valence electrons. The number of carbonyl (C=O) groups is 1. The molecule has 18 heavy (non-hydrogen) atoms. The first kappa shape index (κ1) is 15.6. The van der Waals surface area contributed by atoms with Gasteiger partial charge in [0.15, 0.2) is 0 Å². The minimum absolute atomic E-state index is 0.0668. The van der Waals surface area contributed by atoms with Crippen LogP contribution in [0.5, 0.6) is 0 Å². The minimum Gasteiger partial charge on any atom is -0.444 e. The van der Waals surface area contributed by atoms with Crippen LogP contribution in [0.25, 0.3) is 0 Å². The van der Waals surface area contributed by atoms with Crippen LogP contribution in [0.1, 0.15) is 34.6 Å². The van der Waals surface area contributed by atoms with Crippen molar-refractivity contribution >= 4 is 35.1 Å². The molecule has 0 aromatic rings. The third-order valence-electron chi connectivity index (χ3n) is 2.49. The van der Waals surface area contributed by atoms with Gasteiger partial charge in [0.05, 0.1) is 17.4 Å². The Morgan fingerprint density at radius 2 is 2.11 bits per heavy atom. The van der Waals surface area contributed by atoms with E-state index in [1.54, 1.807) is 0 Å². The van der Waals surface area contributed by atoms with Gasteiger partial charge in [-0.2, -0.15) is 0 Å². The van der Waals surface area contributed by atoms with Crippen molar-refractivity contribution < 1.29 is 9.53 Å². The smallest absolute Gasteiger partial charge is 0.408 e. The number of hydrogen-bond donors (Lipinski definition) is 1. The lowest BCUT2D eigenvalue weighted by molar-refractivity contribution is 0.0534. The Hall–Kier alpha value is -0.490. The highest BCUT2D eigenvalue weighted by molar-refractivity contribution is 7.99. The Kier molecular flexibility index (Phi) is 4.89. The summed E-state index contributed by atoms with van der Waals surface area (Å²) < 4.78 is 5.17. The van der Waals surface area contributed by atoms with Gasteiger partial charge in [-0.05, 0) is 34.6 Å². The number of ether oxygens (including phenoxy) is 1. The van der Waals surface area contributed by atoms with Crippen LogP contribution in [0.2, 0.25) is 0 Å². The summed E-state index contributed by atoms with van der Waals surface area (Å²) in [5, 5.41) is 2.70. The Balaban J connectivity index is 2.40. The highest BCUT2D eigenvalue weighted by Gasteiger charge is 2.34. The van der Waals surface area contributed by atoms with Crippen molar-refractivity contribution in [2.75, 3.05) is 18.2 Å². The molecule has 0 radical (unpaired) electrons. The molecule has 1 fully saturated rings. The molecule has 0 unspecified atom stereocenters. The van der Waals surface area contributed by atoms with Crippen LogP contribution in [0, 0.1) is 0 Å². The molecule has 1 amide bonds. The van der Waals surface area contributed by atoms with Gasteiger partial charge in [-0.25, -0.2) is 4.79 Å². The van der Waals surface area contributed by atoms with E-state index in [0.29, 0.717) is 6.54 Å². The third kappa shape index (κ3) is 4.65. The first-order chi connectivity index (χ1) is 8.12. The molecule has 0 aromatic heterocycles. The van der Waals surface area contributed by atoms with E-state index in [2.05, 4.69) is 24.1 Å². The molecule has 0 spiro atoms. The van der Waals surface area contributed by atoms with Crippen LogP contribution >= 0.6 is 24.0 Å². The van der Waals surface area contributed by atoms with E-state index in [0.717, 1.165) is 16.6 Å². The number of hydrogen-bond acceptors (Lipinski definition) is 4. The van der Waals surface area contributed by atoms with Crippen LogP contribution in [0.15, 0.2) is 0 Å². The fourth-order valence-corrected chi connectivity index (χ4v) is 3.51. The zero-order valence-electron chi connectivity index (χ0n) is 11.7. The summed E-state index contributed by atoms with van der Waals surface area (Å²) >= 11 is 7.22. The number of amides is 1. The molecule has 1 aliphatic heterocycles. The molecule has 1 aliphatic rings. The van der Waals surface area contributed by atoms with E-state index < -0.39 is 11.7 Å². The largest absolute Gasteiger partial charge is 0.444 e. The van der Waals surface area contributed by atoms with E-state index in [-0.39, 0.29) is 5.54 Å². The molecular formula is C12H22N2O2S2. The highest BCUT2D eigenvalue weighted by Crippen LogP contribution is 2.30. The lowest BCUT2D eigenvalue weighted by Gasteiger charge is -2.33. The Morgan fingerprint density at radius 3 is 2.56 bits per heavy atom. The normalized spacial score (nSPS) is 18.6. The van der Waals surface area contributed by atoms with Crippen molar-refractivity contribution in [1.29, 1.82) is 0 Å². The predicted molar refractivity (Wildman–Crippen MR) is 80.1 cm³/mol. The molecule has 1 saturated heterocycles. The number of nitrogens with zero attached hydrogens (tertiary/aromatic N) is 1. The summed E-state index contributed by atoms with van der Waals surface area (Å²) in [6.07, 6.45) is -0.422. The second kappa shape index (κ2) is 5.65. The minimum atomic E-state index is -0.478. The van der Waals surface area contributed by atoms with Crippen LogP contribution in [0.4, 0.5) is 4.79 Å². The summed E-state index contributed by atoms with van der Waals surface area (Å²) in [6, 6.07) is 0. The van der Waals surface area contributed by atoms with E-state index >= 15 is 0 Å². The fraction of sp³-hybridized carbons (Fsp3) is 0.833. The van der Waals surface area contributed by atoms with Crippen molar-refractivity contribution in [3.8, 4) is 0 Å². The van der Waals surface area contributed by atoms with Gasteiger partial charge in [-0.3, -0.25) is 0 Å². The molecule has 1 heterocycles. The summed E-state index contributed by atoms with van der Waals surface area (Å²) in [4.78, 5) is 14.4. The van der Waals surface area contributed by atoms with Crippen molar-refractivity contribution in [2.45, 2.75) is 45.8 Å². The molecule has 0 saturated carbocycles. The van der Waals surface area contributed by atoms with E-state index in [1.807, 2.05) is 32.5 Å². The lowest BCUT2D eigenvalue weighted by Crippen LogP contribution is -2.48. The van der Waals surface area contributed by atoms with Crippen molar-refractivity contribution in [3.63, 3.8) is 0 Å². The number of thiocarbonyl (C=S) groups is 1. The first-order valence-corrected chi connectivity index (χ1v) is 7.53. The van der Waals surface area contributed by atoms with Gasteiger partial charge in [0.1, 0.15) is 5.60 Å². The van der Waals surface area contributed by atoms with Gasteiger partial charge >= 0.3 is 6.09 Å². The Labute approximate surface area is 119 Å². The topological polar surface area (TPSA) is 41.6 Å². The molecule has 1 rings (SSSR count). The summed E-state index contributed by atoms with van der Waals surface area (Å²) in [5.74, 6) is 1.95. The van der Waals surface area contributed by atoms with Crippen LogP contribution in [0.3, 0.4) is 0 Å². The molecule has 6 heteroatoms. The van der Waals surface area contributed by atoms with Gasteiger partial charge in [0.2, 0.25) is 0 Å². The maximum absolute atomic E-state index is 11.5. The fourth-order valence-electron chi connectivity index (χ4n) is 1.61. The van der Waals surface area contributed by atoms with Crippen molar-refractivity contribution in [1.82, 2.24) is 10.2 Å². The molecule has 0 aromatic carbocycles. The first-order valence-electron chi connectivity index (χ1n) is 5.97. The molecule has 1 N–H and O–H groups in total. The monoisotopic (exact) mass is 290 g/mol. The second-order valence-corrected chi connectivity index (χ2v) is 7.39. The SMILES string of the molecule is CC(C)(C)OC(=O)NCC(=S)N1CSCC1(C)C. The summed E-state index contributed by atoms with van der Waals surface area (Å²) in [6.45, 7) is 10.2. The van der Waals surface area contributed by atoms with E-state index in [4.69, 9.17) is 17.0 Å². The molecular weight excluding hydrogens is 268 g/mol. The molecule has 0 atom stereocenters. The van der Waals surface area contributed by atoms with Gasteiger partial charge in [-0.15, -0.1) is 11.8 Å². The molecule has 0 bridgehead atoms. The number of thioether (sulfide) groups is 1. The Bertz CT molecular complexity index is 337. The highest BCUT2D eigenvalue weighted by atomic mass is 32.2. The Morgan fingerprint density at radius 1 is 1.50 bits per heavy atom. The van der Waals surface area contributed by atoms with Gasteiger partial charge in [0.25, 0.3) is 0 Å². The van der Waals surface area contributed by atoms with Crippen LogP contribution in [-0.4, -0.2) is 45.3 Å². The quantitative estimate of drug-likeness (QED) is 0.792. The number of alkyl carbamates (subject to hydrolysis) is 1.